The van der Waals surface area contributed by atoms with Gasteiger partial charge in [0.2, 0.25) is 5.91 Å². The quantitative estimate of drug-likeness (QED) is 0.325. The molecular formula is C22H33F3IN5O. The molecule has 1 aromatic carbocycles. The number of halogens is 4. The highest BCUT2D eigenvalue weighted by atomic mass is 127. The average Bonchev–Trinajstić information content (AvgIpc) is 3.15. The lowest BCUT2D eigenvalue weighted by atomic mass is 10.1. The number of hydrogen-bond donors (Lipinski definition) is 1. The molecule has 0 spiro atoms. The van der Waals surface area contributed by atoms with E-state index >= 15 is 0 Å². The maximum atomic E-state index is 13.0. The summed E-state index contributed by atoms with van der Waals surface area (Å²) in [6.45, 7) is 7.40. The molecule has 0 aliphatic carbocycles. The molecule has 0 aromatic heterocycles. The first-order valence-electron chi connectivity index (χ1n) is 11.0. The number of carbonyl (C=O) groups excluding carboxylic acids is 1. The fraction of sp³-hybridized carbons (Fsp3) is 0.636. The van der Waals surface area contributed by atoms with Crippen molar-refractivity contribution in [1.82, 2.24) is 20.0 Å². The maximum Gasteiger partial charge on any atom is 0.403 e. The number of guanidine groups is 1. The van der Waals surface area contributed by atoms with Crippen molar-refractivity contribution >= 4 is 35.8 Å². The number of carbonyl (C=O) groups is 1. The summed E-state index contributed by atoms with van der Waals surface area (Å²) < 4.78 is 39.0. The largest absolute Gasteiger partial charge is 0.403 e. The lowest BCUT2D eigenvalue weighted by Crippen LogP contribution is -2.56. The van der Waals surface area contributed by atoms with Gasteiger partial charge in [-0.3, -0.25) is 9.69 Å². The van der Waals surface area contributed by atoms with Gasteiger partial charge in [-0.1, -0.05) is 24.3 Å². The van der Waals surface area contributed by atoms with Crippen molar-refractivity contribution in [3.63, 3.8) is 0 Å². The van der Waals surface area contributed by atoms with Crippen LogP contribution in [0.15, 0.2) is 29.3 Å². The number of nitrogens with one attached hydrogen (secondary N) is 1. The second kappa shape index (κ2) is 12.1. The molecule has 32 heavy (non-hydrogen) atoms. The molecule has 2 fully saturated rings. The van der Waals surface area contributed by atoms with Crippen molar-refractivity contribution in [2.24, 2.45) is 4.99 Å². The summed E-state index contributed by atoms with van der Waals surface area (Å²) in [7, 11) is 0. The van der Waals surface area contributed by atoms with Crippen molar-refractivity contribution in [2.45, 2.75) is 52.0 Å². The minimum Gasteiger partial charge on any atom is -0.357 e. The molecule has 0 saturated carbocycles. The molecular weight excluding hydrogens is 534 g/mol. The Hall–Kier alpha value is -1.56. The third kappa shape index (κ3) is 6.97. The molecule has 6 nitrogen and oxygen atoms in total. The zero-order chi connectivity index (χ0) is 22.4. The molecule has 1 atom stereocenters. The van der Waals surface area contributed by atoms with Crippen LogP contribution in [0.2, 0.25) is 0 Å². The molecule has 2 aliphatic rings. The van der Waals surface area contributed by atoms with E-state index in [2.05, 4.69) is 5.32 Å². The van der Waals surface area contributed by atoms with Gasteiger partial charge in [-0.25, -0.2) is 4.99 Å². The molecule has 3 rings (SSSR count). The van der Waals surface area contributed by atoms with Crippen LogP contribution >= 0.6 is 24.0 Å². The highest BCUT2D eigenvalue weighted by Gasteiger charge is 2.41. The summed E-state index contributed by atoms with van der Waals surface area (Å²) in [5.74, 6) is 0.909. The fourth-order valence-corrected chi connectivity index (χ4v) is 4.06. The summed E-state index contributed by atoms with van der Waals surface area (Å²) in [6.07, 6.45) is -2.69. The van der Waals surface area contributed by atoms with Crippen LogP contribution in [0, 0.1) is 0 Å². The van der Waals surface area contributed by atoms with Gasteiger partial charge in [0, 0.05) is 52.2 Å². The third-order valence-electron chi connectivity index (χ3n) is 6.02. The monoisotopic (exact) mass is 567 g/mol. The number of amides is 1. The number of aliphatic imine (C=N–C) groups is 1. The Balaban J connectivity index is 0.00000363. The average molecular weight is 567 g/mol. The summed E-state index contributed by atoms with van der Waals surface area (Å²) in [4.78, 5) is 22.1. The molecule has 2 saturated heterocycles. The predicted octanol–water partition coefficient (Wildman–Crippen LogP) is 3.46. The Bertz CT molecular complexity index is 781. The highest BCUT2D eigenvalue weighted by Crippen LogP contribution is 2.25. The van der Waals surface area contributed by atoms with Crippen LogP contribution in [-0.4, -0.2) is 78.1 Å². The third-order valence-corrected chi connectivity index (χ3v) is 6.02. The molecule has 1 amide bonds. The first-order chi connectivity index (χ1) is 14.8. The molecule has 1 N–H and O–H groups in total. The molecule has 1 unspecified atom stereocenters. The molecule has 0 radical (unpaired) electrons. The van der Waals surface area contributed by atoms with E-state index in [4.69, 9.17) is 4.99 Å². The van der Waals surface area contributed by atoms with Gasteiger partial charge in [0.25, 0.3) is 0 Å². The van der Waals surface area contributed by atoms with E-state index in [0.29, 0.717) is 58.2 Å². The number of benzene rings is 1. The molecule has 10 heteroatoms. The number of likely N-dealkylation sites (tertiary alicyclic amines) is 1. The number of piperazine rings is 1. The summed E-state index contributed by atoms with van der Waals surface area (Å²) in [5, 5.41) is 3.27. The molecule has 2 heterocycles. The first-order valence-corrected chi connectivity index (χ1v) is 11.0. The number of hydrogen-bond acceptors (Lipinski definition) is 3. The van der Waals surface area contributed by atoms with Gasteiger partial charge in [0.05, 0.1) is 6.54 Å². The standard InChI is InChI=1S/C22H32F3N5O.HI/c1-3-26-21(29-13-11-28(12-14-29)17(2)22(23,24)25)27-15-18-7-4-5-8-19(18)16-30-10-6-9-20(30)31;/h4-5,7-8,17H,3,6,9-16H2,1-2H3,(H,26,27);1H. The Morgan fingerprint density at radius 3 is 2.34 bits per heavy atom. The van der Waals surface area contributed by atoms with Gasteiger partial charge in [0.15, 0.2) is 5.96 Å². The summed E-state index contributed by atoms with van der Waals surface area (Å²) >= 11 is 0. The summed E-state index contributed by atoms with van der Waals surface area (Å²) in [5.41, 5.74) is 2.14. The van der Waals surface area contributed by atoms with Crippen LogP contribution in [0.3, 0.4) is 0 Å². The van der Waals surface area contributed by atoms with Crippen LogP contribution in [0.25, 0.3) is 0 Å². The van der Waals surface area contributed by atoms with Crippen molar-refractivity contribution in [2.75, 3.05) is 39.3 Å². The lowest BCUT2D eigenvalue weighted by molar-refractivity contribution is -0.181. The van der Waals surface area contributed by atoms with Gasteiger partial charge in [-0.2, -0.15) is 13.2 Å². The zero-order valence-corrected chi connectivity index (χ0v) is 21.0. The zero-order valence-electron chi connectivity index (χ0n) is 18.7. The van der Waals surface area contributed by atoms with Gasteiger partial charge < -0.3 is 15.1 Å². The van der Waals surface area contributed by atoms with Crippen LogP contribution in [0.5, 0.6) is 0 Å². The predicted molar refractivity (Wildman–Crippen MR) is 130 cm³/mol. The van der Waals surface area contributed by atoms with Gasteiger partial charge in [-0.15, -0.1) is 24.0 Å². The molecule has 2 aliphatic heterocycles. The lowest BCUT2D eigenvalue weighted by Gasteiger charge is -2.39. The second-order valence-corrected chi connectivity index (χ2v) is 8.10. The Morgan fingerprint density at radius 2 is 1.78 bits per heavy atom. The van der Waals surface area contributed by atoms with E-state index in [1.165, 1.54) is 11.8 Å². The SMILES string of the molecule is CCNC(=NCc1ccccc1CN1CCCC1=O)N1CCN(C(C)C(F)(F)F)CC1.I. The van der Waals surface area contributed by atoms with Gasteiger partial charge in [0.1, 0.15) is 6.04 Å². The van der Waals surface area contributed by atoms with E-state index in [9.17, 15) is 18.0 Å². The van der Waals surface area contributed by atoms with Gasteiger partial charge >= 0.3 is 6.18 Å². The first kappa shape index (κ1) is 26.7. The molecule has 0 bridgehead atoms. The topological polar surface area (TPSA) is 51.2 Å². The van der Waals surface area contributed by atoms with Crippen LogP contribution in [0.1, 0.15) is 37.8 Å². The smallest absolute Gasteiger partial charge is 0.357 e. The number of rotatable bonds is 6. The van der Waals surface area contributed by atoms with E-state index in [1.807, 2.05) is 41.0 Å². The maximum absolute atomic E-state index is 13.0. The number of nitrogens with zero attached hydrogens (tertiary/aromatic N) is 4. The minimum atomic E-state index is -4.21. The highest BCUT2D eigenvalue weighted by molar-refractivity contribution is 14.0. The summed E-state index contributed by atoms with van der Waals surface area (Å²) in [6, 6.07) is 6.54. The van der Waals surface area contributed by atoms with Crippen LogP contribution < -0.4 is 5.32 Å². The Kier molecular flexibility index (Phi) is 10.1. The minimum absolute atomic E-state index is 0. The van der Waals surface area contributed by atoms with E-state index in [-0.39, 0.29) is 29.9 Å². The Labute approximate surface area is 205 Å². The number of alkyl halides is 3. The van der Waals surface area contributed by atoms with Crippen molar-refractivity contribution in [1.29, 1.82) is 0 Å². The van der Waals surface area contributed by atoms with Crippen molar-refractivity contribution < 1.29 is 18.0 Å². The van der Waals surface area contributed by atoms with Crippen molar-refractivity contribution in [3.8, 4) is 0 Å². The normalized spacial score (nSPS) is 19.2. The molecule has 180 valence electrons. The fourth-order valence-electron chi connectivity index (χ4n) is 4.06. The van der Waals surface area contributed by atoms with E-state index < -0.39 is 12.2 Å². The molecule has 1 aromatic rings. The van der Waals surface area contributed by atoms with Crippen molar-refractivity contribution in [3.05, 3.63) is 35.4 Å². The van der Waals surface area contributed by atoms with Crippen LogP contribution in [-0.2, 0) is 17.9 Å². The van der Waals surface area contributed by atoms with E-state index in [0.717, 1.165) is 24.1 Å². The van der Waals surface area contributed by atoms with Gasteiger partial charge in [-0.05, 0) is 31.4 Å². The second-order valence-electron chi connectivity index (χ2n) is 8.10. The van der Waals surface area contributed by atoms with Crippen LogP contribution in [0.4, 0.5) is 13.2 Å². The van der Waals surface area contributed by atoms with E-state index in [1.54, 1.807) is 0 Å². The Morgan fingerprint density at radius 1 is 1.12 bits per heavy atom.